The molecule has 0 saturated carbocycles. The molecule has 2 atom stereocenters. The number of carbonyl (C=O) groups excluding carboxylic acids is 2. The molecule has 4 nitrogen and oxygen atoms in total. The van der Waals surface area contributed by atoms with E-state index in [1.54, 1.807) is 36.0 Å². The Balaban J connectivity index is 2.19. The zero-order valence-electron chi connectivity index (χ0n) is 14.9. The summed E-state index contributed by atoms with van der Waals surface area (Å²) < 4.78 is 0. The molecule has 1 aromatic rings. The van der Waals surface area contributed by atoms with Crippen LogP contribution in [-0.4, -0.2) is 39.7 Å². The number of hydrogen-bond donors (Lipinski definition) is 1. The average molecular weight is 359 g/mol. The van der Waals surface area contributed by atoms with Gasteiger partial charge < -0.3 is 5.11 Å². The van der Waals surface area contributed by atoms with Crippen LogP contribution in [0.1, 0.15) is 54.3 Å². The normalized spacial score (nSPS) is 17.3. The molecule has 1 N–H and O–H groups in total. The van der Waals surface area contributed by atoms with Crippen LogP contribution < -0.4 is 0 Å². The molecule has 1 aliphatic heterocycles. The molecule has 0 aliphatic carbocycles. The summed E-state index contributed by atoms with van der Waals surface area (Å²) in [5.41, 5.74) is 0.841. The highest BCUT2D eigenvalue weighted by atomic mass is 32.2. The van der Waals surface area contributed by atoms with E-state index >= 15 is 0 Å². The topological polar surface area (TPSA) is 57.6 Å². The summed E-state index contributed by atoms with van der Waals surface area (Å²) in [7, 11) is 0. The Bertz CT molecular complexity index is 661. The summed E-state index contributed by atoms with van der Waals surface area (Å²) in [6.45, 7) is 5.92. The second kappa shape index (κ2) is 9.02. The van der Waals surface area contributed by atoms with Crippen molar-refractivity contribution < 1.29 is 14.7 Å². The van der Waals surface area contributed by atoms with Crippen LogP contribution in [0.15, 0.2) is 47.4 Å². The lowest BCUT2D eigenvalue weighted by atomic mass is 10.1. The number of aliphatic hydroxyl groups is 1. The van der Waals surface area contributed by atoms with E-state index < -0.39 is 12.1 Å². The van der Waals surface area contributed by atoms with Crippen molar-refractivity contribution >= 4 is 23.6 Å². The van der Waals surface area contributed by atoms with Crippen LogP contribution >= 0.6 is 11.8 Å². The first-order valence-corrected chi connectivity index (χ1v) is 9.61. The van der Waals surface area contributed by atoms with Crippen molar-refractivity contribution in [3.8, 4) is 0 Å². The van der Waals surface area contributed by atoms with E-state index in [1.807, 2.05) is 26.0 Å². The van der Waals surface area contributed by atoms with Crippen molar-refractivity contribution in [1.29, 1.82) is 0 Å². The fourth-order valence-corrected chi connectivity index (χ4v) is 3.72. The van der Waals surface area contributed by atoms with E-state index in [4.69, 9.17) is 0 Å². The number of thioether (sulfide) groups is 1. The van der Waals surface area contributed by atoms with Crippen molar-refractivity contribution in [3.63, 3.8) is 0 Å². The summed E-state index contributed by atoms with van der Waals surface area (Å²) >= 11 is 1.55. The monoisotopic (exact) mass is 359 g/mol. The molecule has 0 bridgehead atoms. The molecule has 0 aromatic heterocycles. The van der Waals surface area contributed by atoms with Gasteiger partial charge in [0.25, 0.3) is 11.8 Å². The maximum Gasteiger partial charge on any atom is 0.261 e. The van der Waals surface area contributed by atoms with Gasteiger partial charge in [-0.2, -0.15) is 0 Å². The van der Waals surface area contributed by atoms with E-state index in [0.717, 1.165) is 11.3 Å². The molecule has 134 valence electrons. The van der Waals surface area contributed by atoms with Crippen LogP contribution in [0.4, 0.5) is 0 Å². The molecule has 1 heterocycles. The minimum Gasteiger partial charge on any atom is -0.391 e. The van der Waals surface area contributed by atoms with Gasteiger partial charge in [0.1, 0.15) is 0 Å². The molecule has 0 radical (unpaired) electrons. The van der Waals surface area contributed by atoms with Gasteiger partial charge in [-0.3, -0.25) is 14.5 Å². The summed E-state index contributed by atoms with van der Waals surface area (Å²) in [5.74, 6) is -0.152. The summed E-state index contributed by atoms with van der Waals surface area (Å²) in [6, 6.07) is 6.29. The van der Waals surface area contributed by atoms with Crippen molar-refractivity contribution in [3.05, 3.63) is 58.5 Å². The van der Waals surface area contributed by atoms with E-state index in [9.17, 15) is 14.7 Å². The number of nitrogens with zero attached hydrogens (tertiary/aromatic N) is 1. The zero-order valence-corrected chi connectivity index (χ0v) is 15.8. The molecule has 5 heteroatoms. The summed E-state index contributed by atoms with van der Waals surface area (Å²) in [4.78, 5) is 27.7. The predicted molar refractivity (Wildman–Crippen MR) is 103 cm³/mol. The Kier molecular flexibility index (Phi) is 7.02. The number of imide groups is 1. The molecule has 25 heavy (non-hydrogen) atoms. The quantitative estimate of drug-likeness (QED) is 0.562. The lowest BCUT2D eigenvalue weighted by molar-refractivity contribution is 0.0380. The molecule has 2 amide bonds. The van der Waals surface area contributed by atoms with Gasteiger partial charge >= 0.3 is 0 Å². The first kappa shape index (κ1) is 19.5. The van der Waals surface area contributed by atoms with Gasteiger partial charge in [-0.1, -0.05) is 44.2 Å². The standard InChI is InChI=1S/C20H25NO3S/c1-4-6-7-10-14(3)25-13-17(18(22)5-2)21-19(23)15-11-8-9-12-16(15)20(21)24/h6-12,17-18,22H,4-5,13H2,1-3H3/b7-6-,14-10+/t17?,18-/m0/s1. The highest BCUT2D eigenvalue weighted by molar-refractivity contribution is 8.03. The lowest BCUT2D eigenvalue weighted by Crippen LogP contribution is -2.48. The third-order valence-corrected chi connectivity index (χ3v) is 5.30. The van der Waals surface area contributed by atoms with Crippen molar-refractivity contribution in [2.45, 2.75) is 45.8 Å². The Morgan fingerprint density at radius 1 is 1.20 bits per heavy atom. The largest absolute Gasteiger partial charge is 0.391 e. The fraction of sp³-hybridized carbons (Fsp3) is 0.400. The fourth-order valence-electron chi connectivity index (χ4n) is 2.74. The number of carbonyl (C=O) groups is 2. The number of amides is 2. The molecule has 1 aromatic carbocycles. The van der Waals surface area contributed by atoms with Crippen LogP contribution in [0.5, 0.6) is 0 Å². The highest BCUT2D eigenvalue weighted by Gasteiger charge is 2.41. The minimum absolute atomic E-state index is 0.314. The van der Waals surface area contributed by atoms with Crippen LogP contribution in [0.25, 0.3) is 0 Å². The Hall–Kier alpha value is -1.85. The predicted octanol–water partition coefficient (Wildman–Crippen LogP) is 4.03. The van der Waals surface area contributed by atoms with Crippen LogP contribution in [0.3, 0.4) is 0 Å². The summed E-state index contributed by atoms with van der Waals surface area (Å²) in [5, 5.41) is 10.4. The molecule has 2 rings (SSSR count). The first-order valence-electron chi connectivity index (χ1n) is 8.62. The lowest BCUT2D eigenvalue weighted by Gasteiger charge is -2.29. The van der Waals surface area contributed by atoms with Crippen LogP contribution in [0.2, 0.25) is 0 Å². The van der Waals surface area contributed by atoms with E-state index in [0.29, 0.717) is 23.3 Å². The Labute approximate surface area is 153 Å². The molecular weight excluding hydrogens is 334 g/mol. The second-order valence-electron chi connectivity index (χ2n) is 5.99. The molecule has 0 fully saturated rings. The summed E-state index contributed by atoms with van der Waals surface area (Å²) in [6.07, 6.45) is 6.78. The van der Waals surface area contributed by atoms with Crippen molar-refractivity contribution in [2.75, 3.05) is 5.75 Å². The van der Waals surface area contributed by atoms with Crippen molar-refractivity contribution in [1.82, 2.24) is 4.90 Å². The van der Waals surface area contributed by atoms with E-state index in [-0.39, 0.29) is 11.8 Å². The third-order valence-electron chi connectivity index (χ3n) is 4.20. The van der Waals surface area contributed by atoms with Crippen LogP contribution in [0, 0.1) is 0 Å². The highest BCUT2D eigenvalue weighted by Crippen LogP contribution is 2.29. The zero-order chi connectivity index (χ0) is 18.4. The van der Waals surface area contributed by atoms with Gasteiger partial charge in [0.2, 0.25) is 0 Å². The van der Waals surface area contributed by atoms with E-state index in [2.05, 4.69) is 13.0 Å². The number of benzene rings is 1. The molecular formula is C20H25NO3S. The smallest absolute Gasteiger partial charge is 0.261 e. The second-order valence-corrected chi connectivity index (χ2v) is 7.26. The van der Waals surface area contributed by atoms with Gasteiger partial charge in [0, 0.05) is 5.75 Å². The number of fused-ring (bicyclic) bond motifs is 1. The average Bonchev–Trinajstić information content (AvgIpc) is 2.87. The van der Waals surface area contributed by atoms with Crippen molar-refractivity contribution in [2.24, 2.45) is 0 Å². The maximum absolute atomic E-state index is 12.7. The van der Waals surface area contributed by atoms with Gasteiger partial charge in [0.15, 0.2) is 0 Å². The van der Waals surface area contributed by atoms with Crippen LogP contribution in [-0.2, 0) is 0 Å². The Morgan fingerprint density at radius 3 is 2.32 bits per heavy atom. The molecule has 0 spiro atoms. The molecule has 1 unspecified atom stereocenters. The maximum atomic E-state index is 12.7. The SMILES string of the molecule is CC/C=C\C=C(/C)SCC([C@@H](O)CC)N1C(=O)c2ccccc2C1=O. The number of aliphatic hydroxyl groups excluding tert-OH is 1. The molecule has 1 aliphatic rings. The first-order chi connectivity index (χ1) is 12.0. The van der Waals surface area contributed by atoms with Gasteiger partial charge in [-0.15, -0.1) is 11.8 Å². The van der Waals surface area contributed by atoms with Gasteiger partial charge in [0.05, 0.1) is 23.3 Å². The van der Waals surface area contributed by atoms with E-state index in [1.165, 1.54) is 4.90 Å². The van der Waals surface area contributed by atoms with Gasteiger partial charge in [-0.05, 0) is 36.8 Å². The minimum atomic E-state index is -0.742. The number of allylic oxidation sites excluding steroid dienone is 4. The molecule has 0 saturated heterocycles. The number of rotatable bonds is 8. The third kappa shape index (κ3) is 4.41. The number of hydrogen-bond acceptors (Lipinski definition) is 4. The Morgan fingerprint density at radius 2 is 1.80 bits per heavy atom. The van der Waals surface area contributed by atoms with Gasteiger partial charge in [-0.25, -0.2) is 0 Å².